The zero-order valence-electron chi connectivity index (χ0n) is 18.7. The number of hydrogen-bond acceptors (Lipinski definition) is 8. The van der Waals surface area contributed by atoms with Crippen molar-refractivity contribution in [2.45, 2.75) is 20.8 Å². The van der Waals surface area contributed by atoms with Gasteiger partial charge in [0.15, 0.2) is 0 Å². The largest absolute Gasteiger partial charge is 0.361 e. The van der Waals surface area contributed by atoms with E-state index in [4.69, 9.17) is 11.6 Å². The molecule has 2 heterocycles. The fourth-order valence-corrected chi connectivity index (χ4v) is 3.83. The van der Waals surface area contributed by atoms with Crippen molar-refractivity contribution in [3.63, 3.8) is 0 Å². The molecule has 10 heteroatoms. The Bertz CT molecular complexity index is 912. The summed E-state index contributed by atoms with van der Waals surface area (Å²) in [5.41, 5.74) is 1.65. The van der Waals surface area contributed by atoms with Crippen molar-refractivity contribution in [3.8, 4) is 0 Å². The van der Waals surface area contributed by atoms with Crippen LogP contribution in [0.3, 0.4) is 0 Å². The molecule has 3 N–H and O–H groups in total. The van der Waals surface area contributed by atoms with Crippen LogP contribution in [0.2, 0.25) is 5.02 Å². The summed E-state index contributed by atoms with van der Waals surface area (Å²) in [6.45, 7) is 13.2. The molecule has 172 valence electrons. The lowest BCUT2D eigenvalue weighted by atomic mass is 10.2. The second kappa shape index (κ2) is 13.7. The minimum absolute atomic E-state index is 0.567. The number of aromatic nitrogens is 2. The van der Waals surface area contributed by atoms with E-state index in [-0.39, 0.29) is 0 Å². The third-order valence-electron chi connectivity index (χ3n) is 4.52. The topological polar surface area (TPSA) is 94.5 Å². The van der Waals surface area contributed by atoms with Crippen molar-refractivity contribution in [3.05, 3.63) is 51.8 Å². The minimum atomic E-state index is 0.567. The molecule has 1 aromatic heterocycles. The Morgan fingerprint density at radius 1 is 1.34 bits per heavy atom. The third kappa shape index (κ3) is 8.49. The van der Waals surface area contributed by atoms with Crippen LogP contribution in [0.4, 0.5) is 17.3 Å². The smallest absolute Gasteiger partial charge is 0.211 e. The van der Waals surface area contributed by atoms with Crippen molar-refractivity contribution in [2.24, 2.45) is 4.99 Å². The minimum Gasteiger partial charge on any atom is -0.361 e. The first-order valence-electron chi connectivity index (χ1n) is 10.2. The monoisotopic (exact) mass is 475 g/mol. The first-order chi connectivity index (χ1) is 15.4. The number of thioether (sulfide) groups is 1. The number of rotatable bonds is 8. The number of aryl methyl sites for hydroxylation is 2. The average molecular weight is 476 g/mol. The van der Waals surface area contributed by atoms with E-state index >= 15 is 0 Å². The van der Waals surface area contributed by atoms with Crippen molar-refractivity contribution in [1.29, 1.82) is 0 Å². The Morgan fingerprint density at radius 2 is 2.09 bits per heavy atom. The fourth-order valence-electron chi connectivity index (χ4n) is 2.96. The van der Waals surface area contributed by atoms with Crippen LogP contribution >= 0.6 is 23.4 Å². The van der Waals surface area contributed by atoms with Crippen molar-refractivity contribution in [1.82, 2.24) is 15.3 Å². The molecule has 0 bridgehead atoms. The zero-order chi connectivity index (χ0) is 23.3. The van der Waals surface area contributed by atoms with Gasteiger partial charge in [0.25, 0.3) is 0 Å². The normalized spacial score (nSPS) is 13.6. The van der Waals surface area contributed by atoms with E-state index in [0.29, 0.717) is 17.1 Å². The quantitative estimate of drug-likeness (QED) is 0.301. The Hall–Kier alpha value is -2.62. The molecule has 1 saturated heterocycles. The first-order valence-corrected chi connectivity index (χ1v) is 11.6. The van der Waals surface area contributed by atoms with Gasteiger partial charge < -0.3 is 20.9 Å². The number of carbonyl (C=O) groups is 1. The van der Waals surface area contributed by atoms with Crippen molar-refractivity contribution in [2.75, 3.05) is 47.6 Å². The molecule has 0 saturated carbocycles. The van der Waals surface area contributed by atoms with E-state index in [1.54, 1.807) is 24.0 Å². The molecule has 0 unspecified atom stereocenters. The molecule has 0 spiro atoms. The number of carbonyl (C=O) groups excluding carboxylic acids is 1. The SMILES string of the molecule is C=N/C=C(/C)SCNc1cc(N2CCNCC2)nc(C)n1.Cc1cccc(Cl)c1NC=O. The number of halogens is 1. The van der Waals surface area contributed by atoms with E-state index < -0.39 is 0 Å². The van der Waals surface area contributed by atoms with Gasteiger partial charge in [-0.25, -0.2) is 9.97 Å². The summed E-state index contributed by atoms with van der Waals surface area (Å²) in [5.74, 6) is 3.40. The summed E-state index contributed by atoms with van der Waals surface area (Å²) in [4.78, 5) is 26.2. The number of anilines is 3. The molecule has 2 aromatic rings. The van der Waals surface area contributed by atoms with E-state index in [1.807, 2.05) is 39.0 Å². The number of benzene rings is 1. The second-order valence-corrected chi connectivity index (χ2v) is 8.61. The van der Waals surface area contributed by atoms with Crippen LogP contribution in [0.5, 0.6) is 0 Å². The van der Waals surface area contributed by atoms with Gasteiger partial charge in [-0.3, -0.25) is 9.79 Å². The van der Waals surface area contributed by atoms with Gasteiger partial charge in [-0.2, -0.15) is 0 Å². The average Bonchev–Trinajstić information content (AvgIpc) is 2.77. The van der Waals surface area contributed by atoms with Gasteiger partial charge in [0.2, 0.25) is 6.41 Å². The lowest BCUT2D eigenvalue weighted by Gasteiger charge is -2.28. The van der Waals surface area contributed by atoms with Gasteiger partial charge in [-0.15, -0.1) is 11.8 Å². The van der Waals surface area contributed by atoms with Crippen LogP contribution in [0.15, 0.2) is 40.4 Å². The van der Waals surface area contributed by atoms with Crippen LogP contribution in [-0.2, 0) is 4.79 Å². The number of piperazine rings is 1. The maximum Gasteiger partial charge on any atom is 0.211 e. The lowest BCUT2D eigenvalue weighted by Crippen LogP contribution is -2.44. The predicted octanol–water partition coefficient (Wildman–Crippen LogP) is 4.08. The fraction of sp³-hybridized carbons (Fsp3) is 0.364. The molecule has 1 amide bonds. The first kappa shape index (κ1) is 25.6. The van der Waals surface area contributed by atoms with Crippen LogP contribution < -0.4 is 20.9 Å². The number of amides is 1. The van der Waals surface area contributed by atoms with Gasteiger partial charge in [0.1, 0.15) is 17.5 Å². The summed E-state index contributed by atoms with van der Waals surface area (Å²) in [6, 6.07) is 7.48. The summed E-state index contributed by atoms with van der Waals surface area (Å²) in [6.07, 6.45) is 2.37. The standard InChI is InChI=1S/C14H22N6S.C8H8ClNO/c1-11(9-15-3)21-10-17-13-8-14(19-12(2)18-13)20-6-4-16-5-7-20;1-6-3-2-4-7(9)8(6)10-5-11/h8-9,16H,3-7,10H2,1-2H3,(H,17,18,19);2-5H,1H3,(H,10,11)/b11-9-;. The highest BCUT2D eigenvalue weighted by atomic mass is 35.5. The molecule has 1 aliphatic heterocycles. The van der Waals surface area contributed by atoms with Crippen LogP contribution in [0.25, 0.3) is 0 Å². The van der Waals surface area contributed by atoms with E-state index in [1.165, 1.54) is 0 Å². The molecular weight excluding hydrogens is 446 g/mol. The van der Waals surface area contributed by atoms with Crippen molar-refractivity contribution < 1.29 is 4.79 Å². The third-order valence-corrected chi connectivity index (χ3v) is 5.68. The maximum atomic E-state index is 10.1. The lowest BCUT2D eigenvalue weighted by molar-refractivity contribution is -0.105. The molecule has 3 rings (SSSR count). The van der Waals surface area contributed by atoms with E-state index in [0.717, 1.165) is 60.0 Å². The van der Waals surface area contributed by atoms with Gasteiger partial charge in [0, 0.05) is 43.4 Å². The molecule has 32 heavy (non-hydrogen) atoms. The zero-order valence-corrected chi connectivity index (χ0v) is 20.3. The second-order valence-electron chi connectivity index (χ2n) is 6.98. The molecule has 1 fully saturated rings. The molecule has 0 atom stereocenters. The summed E-state index contributed by atoms with van der Waals surface area (Å²) in [7, 11) is 0. The summed E-state index contributed by atoms with van der Waals surface area (Å²) < 4.78 is 0. The van der Waals surface area contributed by atoms with Gasteiger partial charge in [-0.1, -0.05) is 23.7 Å². The maximum absolute atomic E-state index is 10.1. The number of hydrogen-bond donors (Lipinski definition) is 3. The number of allylic oxidation sites excluding steroid dienone is 1. The van der Waals surface area contributed by atoms with Crippen LogP contribution in [-0.4, -0.2) is 55.2 Å². The summed E-state index contributed by atoms with van der Waals surface area (Å²) >= 11 is 7.46. The Labute approximate surface area is 199 Å². The molecule has 8 nitrogen and oxygen atoms in total. The molecular formula is C22H30ClN7OS. The highest BCUT2D eigenvalue weighted by Gasteiger charge is 2.13. The van der Waals surface area contributed by atoms with Gasteiger partial charge in [-0.05, 0) is 39.1 Å². The molecule has 1 aromatic carbocycles. The summed E-state index contributed by atoms with van der Waals surface area (Å²) in [5, 5.41) is 9.77. The van der Waals surface area contributed by atoms with Crippen LogP contribution in [0, 0.1) is 13.8 Å². The Kier molecular flexibility index (Phi) is 11.0. The number of aliphatic imine (C=N–C) groups is 1. The molecule has 1 aliphatic rings. The predicted molar refractivity (Wildman–Crippen MR) is 137 cm³/mol. The van der Waals surface area contributed by atoms with E-state index in [9.17, 15) is 4.79 Å². The van der Waals surface area contributed by atoms with Gasteiger partial charge in [0.05, 0.1) is 16.6 Å². The van der Waals surface area contributed by atoms with Crippen LogP contribution in [0.1, 0.15) is 18.3 Å². The van der Waals surface area contributed by atoms with E-state index in [2.05, 4.69) is 42.5 Å². The number of para-hydroxylation sites is 1. The molecule has 0 radical (unpaired) electrons. The van der Waals surface area contributed by atoms with Crippen molar-refractivity contribution >= 4 is 53.8 Å². The Balaban J connectivity index is 0.000000278. The molecule has 0 aliphatic carbocycles. The number of nitrogens with zero attached hydrogens (tertiary/aromatic N) is 4. The highest BCUT2D eigenvalue weighted by molar-refractivity contribution is 8.03. The highest BCUT2D eigenvalue weighted by Crippen LogP contribution is 2.24. The Morgan fingerprint density at radius 3 is 2.75 bits per heavy atom. The number of nitrogens with one attached hydrogen (secondary N) is 3. The van der Waals surface area contributed by atoms with Gasteiger partial charge >= 0.3 is 0 Å².